The zero-order chi connectivity index (χ0) is 22.1. The number of H-pyrrole nitrogens is 1. The minimum Gasteiger partial charge on any atom is -0.366 e. The van der Waals surface area contributed by atoms with E-state index in [1.165, 1.54) is 11.6 Å². The topological polar surface area (TPSA) is 66.5 Å². The van der Waals surface area contributed by atoms with Crippen LogP contribution in [0.15, 0.2) is 60.8 Å². The Kier molecular flexibility index (Phi) is 5.21. The van der Waals surface area contributed by atoms with Crippen LogP contribution in [-0.4, -0.2) is 20.2 Å². The highest BCUT2D eigenvalue weighted by Crippen LogP contribution is 2.38. The Labute approximate surface area is 187 Å². The van der Waals surface area contributed by atoms with Crippen molar-refractivity contribution >= 4 is 5.82 Å². The summed E-state index contributed by atoms with van der Waals surface area (Å²) in [6, 6.07) is 17.4. The molecule has 2 N–H and O–H groups in total. The molecule has 0 saturated carbocycles. The van der Waals surface area contributed by atoms with Gasteiger partial charge in [0.1, 0.15) is 5.82 Å². The highest BCUT2D eigenvalue weighted by molar-refractivity contribution is 5.67. The molecule has 3 heterocycles. The standard InChI is InChI=1S/C26H26FN5/c1-26(2)11-10-20-22(14-26)31-32-25(20)19-12-23(27)30-24(13-19)29-16-17-8-9-21(28-15-17)18-6-4-3-5-7-18/h3-9,12-13,15H,10-11,14,16H2,1-2H3,(H,29,30)(H,31,32). The molecule has 4 aromatic rings. The number of hydrogen-bond donors (Lipinski definition) is 2. The number of nitrogens with zero attached hydrogens (tertiary/aromatic N) is 3. The SMILES string of the molecule is CC1(C)CCc2c(-c3cc(F)nc(NCc4ccc(-c5ccccc5)nc4)c3)n[nH]c2C1. The van der Waals surface area contributed by atoms with Gasteiger partial charge >= 0.3 is 0 Å². The Hall–Kier alpha value is -3.54. The normalized spacial score (nSPS) is 14.7. The van der Waals surface area contributed by atoms with Crippen molar-refractivity contribution < 1.29 is 4.39 Å². The summed E-state index contributed by atoms with van der Waals surface area (Å²) in [5.41, 5.74) is 7.19. The fourth-order valence-electron chi connectivity index (χ4n) is 4.31. The molecule has 5 rings (SSSR count). The van der Waals surface area contributed by atoms with Crippen molar-refractivity contribution in [2.45, 2.75) is 39.7 Å². The van der Waals surface area contributed by atoms with Crippen LogP contribution in [0.3, 0.4) is 0 Å². The predicted octanol–water partition coefficient (Wildman–Crippen LogP) is 5.80. The number of hydrogen-bond acceptors (Lipinski definition) is 4. The van der Waals surface area contributed by atoms with Gasteiger partial charge in [0, 0.05) is 41.2 Å². The minimum atomic E-state index is -0.518. The summed E-state index contributed by atoms with van der Waals surface area (Å²) in [5.74, 6) is -0.0320. The fourth-order valence-corrected chi connectivity index (χ4v) is 4.31. The van der Waals surface area contributed by atoms with Crippen LogP contribution in [-0.2, 0) is 19.4 Å². The molecule has 0 unspecified atom stereocenters. The van der Waals surface area contributed by atoms with Crippen LogP contribution in [0.5, 0.6) is 0 Å². The molecule has 5 nitrogen and oxygen atoms in total. The number of rotatable bonds is 5. The maximum Gasteiger partial charge on any atom is 0.215 e. The monoisotopic (exact) mass is 427 g/mol. The van der Waals surface area contributed by atoms with E-state index in [0.29, 0.717) is 12.4 Å². The maximum atomic E-state index is 14.3. The van der Waals surface area contributed by atoms with Crippen molar-refractivity contribution in [3.05, 3.63) is 83.6 Å². The van der Waals surface area contributed by atoms with Crippen molar-refractivity contribution in [1.82, 2.24) is 20.2 Å². The lowest BCUT2D eigenvalue weighted by Gasteiger charge is -2.29. The van der Waals surface area contributed by atoms with E-state index in [1.807, 2.05) is 54.7 Å². The molecule has 0 saturated heterocycles. The molecule has 0 radical (unpaired) electrons. The van der Waals surface area contributed by atoms with Gasteiger partial charge in [0.15, 0.2) is 0 Å². The van der Waals surface area contributed by atoms with Gasteiger partial charge in [0.05, 0.1) is 11.4 Å². The Balaban J connectivity index is 1.33. The summed E-state index contributed by atoms with van der Waals surface area (Å²) in [6.07, 6.45) is 4.83. The van der Waals surface area contributed by atoms with Gasteiger partial charge in [-0.25, -0.2) is 4.98 Å². The molecule has 1 aliphatic carbocycles. The first kappa shape index (κ1) is 20.4. The lowest BCUT2D eigenvalue weighted by atomic mass is 9.76. The minimum absolute atomic E-state index is 0.261. The maximum absolute atomic E-state index is 14.3. The predicted molar refractivity (Wildman–Crippen MR) is 125 cm³/mol. The van der Waals surface area contributed by atoms with Crippen LogP contribution in [0.4, 0.5) is 10.2 Å². The smallest absolute Gasteiger partial charge is 0.215 e. The Morgan fingerprint density at radius 1 is 1.06 bits per heavy atom. The van der Waals surface area contributed by atoms with Crippen LogP contribution in [0.2, 0.25) is 0 Å². The van der Waals surface area contributed by atoms with E-state index in [0.717, 1.165) is 53.0 Å². The lowest BCUT2D eigenvalue weighted by molar-refractivity contribution is 0.312. The van der Waals surface area contributed by atoms with E-state index in [-0.39, 0.29) is 5.41 Å². The summed E-state index contributed by atoms with van der Waals surface area (Å²) < 4.78 is 14.3. The first-order valence-corrected chi connectivity index (χ1v) is 11.0. The number of halogens is 1. The number of aromatic nitrogens is 4. The third kappa shape index (κ3) is 4.26. The summed E-state index contributed by atoms with van der Waals surface area (Å²) in [4.78, 5) is 8.57. The van der Waals surface area contributed by atoms with Crippen molar-refractivity contribution in [3.8, 4) is 22.5 Å². The number of benzene rings is 1. The van der Waals surface area contributed by atoms with Gasteiger partial charge in [-0.3, -0.25) is 10.1 Å². The molecule has 32 heavy (non-hydrogen) atoms. The molecule has 0 spiro atoms. The molecule has 0 aliphatic heterocycles. The van der Waals surface area contributed by atoms with Gasteiger partial charge in [-0.05, 0) is 42.4 Å². The lowest BCUT2D eigenvalue weighted by Crippen LogP contribution is -2.21. The van der Waals surface area contributed by atoms with E-state index in [2.05, 4.69) is 39.3 Å². The molecule has 6 heteroatoms. The first-order chi connectivity index (χ1) is 15.5. The van der Waals surface area contributed by atoms with Crippen molar-refractivity contribution in [1.29, 1.82) is 0 Å². The van der Waals surface area contributed by atoms with Gasteiger partial charge < -0.3 is 5.32 Å². The van der Waals surface area contributed by atoms with Crippen molar-refractivity contribution in [2.75, 3.05) is 5.32 Å². The van der Waals surface area contributed by atoms with Gasteiger partial charge in [-0.15, -0.1) is 0 Å². The zero-order valence-corrected chi connectivity index (χ0v) is 18.3. The van der Waals surface area contributed by atoms with E-state index >= 15 is 0 Å². The third-order valence-electron chi connectivity index (χ3n) is 6.10. The molecule has 0 amide bonds. The van der Waals surface area contributed by atoms with E-state index in [4.69, 9.17) is 0 Å². The zero-order valence-electron chi connectivity index (χ0n) is 18.3. The quantitative estimate of drug-likeness (QED) is 0.395. The Bertz CT molecular complexity index is 1230. The van der Waals surface area contributed by atoms with E-state index in [1.54, 1.807) is 0 Å². The Morgan fingerprint density at radius 3 is 2.69 bits per heavy atom. The van der Waals surface area contributed by atoms with Crippen LogP contribution >= 0.6 is 0 Å². The molecular formula is C26H26FN5. The molecule has 0 fully saturated rings. The van der Waals surface area contributed by atoms with Crippen LogP contribution in [0.1, 0.15) is 37.1 Å². The van der Waals surface area contributed by atoms with E-state index in [9.17, 15) is 4.39 Å². The number of pyridine rings is 2. The molecule has 0 atom stereocenters. The molecular weight excluding hydrogens is 401 g/mol. The van der Waals surface area contributed by atoms with Crippen LogP contribution in [0, 0.1) is 11.4 Å². The number of nitrogens with one attached hydrogen (secondary N) is 2. The van der Waals surface area contributed by atoms with Crippen LogP contribution in [0.25, 0.3) is 22.5 Å². The first-order valence-electron chi connectivity index (χ1n) is 11.0. The highest BCUT2D eigenvalue weighted by atomic mass is 19.1. The number of anilines is 1. The average molecular weight is 428 g/mol. The number of fused-ring (bicyclic) bond motifs is 1. The highest BCUT2D eigenvalue weighted by Gasteiger charge is 2.29. The van der Waals surface area contributed by atoms with Gasteiger partial charge in [-0.1, -0.05) is 50.2 Å². The molecule has 0 bridgehead atoms. The summed E-state index contributed by atoms with van der Waals surface area (Å²) in [5, 5.41) is 10.9. The summed E-state index contributed by atoms with van der Waals surface area (Å²) in [7, 11) is 0. The average Bonchev–Trinajstić information content (AvgIpc) is 3.20. The second-order valence-corrected chi connectivity index (χ2v) is 9.21. The van der Waals surface area contributed by atoms with Crippen molar-refractivity contribution in [2.24, 2.45) is 5.41 Å². The van der Waals surface area contributed by atoms with Gasteiger partial charge in [-0.2, -0.15) is 9.49 Å². The molecule has 1 aliphatic rings. The van der Waals surface area contributed by atoms with Crippen molar-refractivity contribution in [3.63, 3.8) is 0 Å². The van der Waals surface area contributed by atoms with Crippen LogP contribution < -0.4 is 5.32 Å². The molecule has 3 aromatic heterocycles. The molecule has 1 aromatic carbocycles. The fraction of sp³-hybridized carbons (Fsp3) is 0.269. The third-order valence-corrected chi connectivity index (χ3v) is 6.10. The summed E-state index contributed by atoms with van der Waals surface area (Å²) in [6.45, 7) is 5.04. The number of aromatic amines is 1. The van der Waals surface area contributed by atoms with Gasteiger partial charge in [0.2, 0.25) is 5.95 Å². The summed E-state index contributed by atoms with van der Waals surface area (Å²) >= 11 is 0. The van der Waals surface area contributed by atoms with Gasteiger partial charge in [0.25, 0.3) is 0 Å². The second-order valence-electron chi connectivity index (χ2n) is 9.21. The van der Waals surface area contributed by atoms with E-state index < -0.39 is 5.95 Å². The Morgan fingerprint density at radius 2 is 1.91 bits per heavy atom. The second kappa shape index (κ2) is 8.19. The largest absolute Gasteiger partial charge is 0.366 e. The molecule has 162 valence electrons.